The van der Waals surface area contributed by atoms with Crippen molar-refractivity contribution in [3.8, 4) is 0 Å². The van der Waals surface area contributed by atoms with Gasteiger partial charge in [0, 0.05) is 12.6 Å². The first kappa shape index (κ1) is 22.2. The van der Waals surface area contributed by atoms with Crippen LogP contribution in [0.25, 0.3) is 0 Å². The van der Waals surface area contributed by atoms with Gasteiger partial charge in [0.25, 0.3) is 0 Å². The Morgan fingerprint density at radius 2 is 1.84 bits per heavy atom. The van der Waals surface area contributed by atoms with Gasteiger partial charge in [0.15, 0.2) is 5.96 Å². The maximum absolute atomic E-state index is 9.65. The largest absolute Gasteiger partial charge is 0.393 e. The van der Waals surface area contributed by atoms with Gasteiger partial charge in [0.05, 0.1) is 18.7 Å². The lowest BCUT2D eigenvalue weighted by Crippen LogP contribution is -2.45. The molecule has 1 aliphatic carbocycles. The summed E-state index contributed by atoms with van der Waals surface area (Å²) in [7, 11) is 4.19. The number of guanidine groups is 1. The molecule has 0 radical (unpaired) electrons. The molecule has 25 heavy (non-hydrogen) atoms. The number of rotatable bonds is 6. The molecule has 5 nitrogen and oxygen atoms in total. The predicted molar refractivity (Wildman–Crippen MR) is 116 cm³/mol. The number of aliphatic hydroxyl groups excluding tert-OH is 1. The molecule has 1 saturated carbocycles. The van der Waals surface area contributed by atoms with E-state index >= 15 is 0 Å². The molecule has 0 saturated heterocycles. The molecule has 2 rings (SSSR count). The molecule has 0 spiro atoms. The Bertz CT molecular complexity index is 501. The Hall–Kier alpha value is -0.860. The van der Waals surface area contributed by atoms with Gasteiger partial charge >= 0.3 is 0 Å². The lowest BCUT2D eigenvalue weighted by Gasteiger charge is -2.28. The number of aliphatic imine (C=N–C) groups is 1. The van der Waals surface area contributed by atoms with E-state index in [2.05, 4.69) is 60.8 Å². The lowest BCUT2D eigenvalue weighted by atomic mass is 9.93. The average Bonchev–Trinajstić information content (AvgIpc) is 2.58. The van der Waals surface area contributed by atoms with E-state index in [0.717, 1.165) is 38.2 Å². The summed E-state index contributed by atoms with van der Waals surface area (Å²) < 4.78 is 0. The van der Waals surface area contributed by atoms with E-state index in [1.165, 1.54) is 5.56 Å². The molecule has 0 amide bonds. The van der Waals surface area contributed by atoms with Gasteiger partial charge in [-0.3, -0.25) is 4.99 Å². The van der Waals surface area contributed by atoms with Crippen molar-refractivity contribution in [2.24, 2.45) is 4.99 Å². The Balaban J connectivity index is 0.00000312. The van der Waals surface area contributed by atoms with Crippen LogP contribution in [0.3, 0.4) is 0 Å². The summed E-state index contributed by atoms with van der Waals surface area (Å²) in [6.45, 7) is 3.64. The first-order valence-corrected chi connectivity index (χ1v) is 9.04. The molecule has 6 heteroatoms. The lowest BCUT2D eigenvalue weighted by molar-refractivity contribution is 0.120. The van der Waals surface area contributed by atoms with Crippen molar-refractivity contribution in [3.05, 3.63) is 35.9 Å². The number of aliphatic hydroxyl groups is 1. The fourth-order valence-electron chi connectivity index (χ4n) is 3.15. The van der Waals surface area contributed by atoms with E-state index in [1.54, 1.807) is 0 Å². The average molecular weight is 460 g/mol. The second-order valence-electron chi connectivity index (χ2n) is 6.76. The molecule has 1 aromatic rings. The van der Waals surface area contributed by atoms with Gasteiger partial charge in [-0.1, -0.05) is 30.3 Å². The maximum Gasteiger partial charge on any atom is 0.191 e. The second-order valence-corrected chi connectivity index (χ2v) is 6.76. The molecule has 0 aromatic heterocycles. The van der Waals surface area contributed by atoms with E-state index in [1.807, 2.05) is 6.07 Å². The minimum absolute atomic E-state index is 0. The Labute approximate surface area is 169 Å². The summed E-state index contributed by atoms with van der Waals surface area (Å²) in [5.41, 5.74) is 1.28. The Morgan fingerprint density at radius 3 is 2.40 bits per heavy atom. The van der Waals surface area contributed by atoms with Crippen molar-refractivity contribution in [1.82, 2.24) is 15.5 Å². The molecule has 1 fully saturated rings. The molecule has 142 valence electrons. The second kappa shape index (κ2) is 11.7. The van der Waals surface area contributed by atoms with Gasteiger partial charge in [-0.15, -0.1) is 24.0 Å². The van der Waals surface area contributed by atoms with E-state index in [0.29, 0.717) is 12.6 Å². The minimum Gasteiger partial charge on any atom is -0.393 e. The molecular formula is C19H33IN4O. The third kappa shape index (κ3) is 7.50. The van der Waals surface area contributed by atoms with Gasteiger partial charge < -0.3 is 20.6 Å². The van der Waals surface area contributed by atoms with Gasteiger partial charge in [0.2, 0.25) is 0 Å². The highest BCUT2D eigenvalue weighted by atomic mass is 127. The van der Waals surface area contributed by atoms with Crippen LogP contribution in [-0.4, -0.2) is 55.3 Å². The molecule has 3 N–H and O–H groups in total. The van der Waals surface area contributed by atoms with Crippen LogP contribution in [0.15, 0.2) is 35.3 Å². The van der Waals surface area contributed by atoms with Crippen LogP contribution in [0.1, 0.15) is 44.2 Å². The van der Waals surface area contributed by atoms with Crippen LogP contribution in [0.4, 0.5) is 0 Å². The molecule has 0 aliphatic heterocycles. The van der Waals surface area contributed by atoms with Crippen LogP contribution < -0.4 is 10.6 Å². The van der Waals surface area contributed by atoms with Crippen LogP contribution in [-0.2, 0) is 0 Å². The smallest absolute Gasteiger partial charge is 0.191 e. The van der Waals surface area contributed by atoms with Gasteiger partial charge in [-0.2, -0.15) is 0 Å². The number of benzene rings is 1. The standard InChI is InChI=1S/C19H32N4O.HI/c1-4-20-19(22-16-10-12-17(24)13-11-16)21-14-18(23(2)3)15-8-6-5-7-9-15;/h5-9,16-18,24H,4,10-14H2,1-3H3,(H2,20,21,22);1H. The highest BCUT2D eigenvalue weighted by Crippen LogP contribution is 2.19. The monoisotopic (exact) mass is 460 g/mol. The number of hydrogen-bond donors (Lipinski definition) is 3. The zero-order valence-corrected chi connectivity index (χ0v) is 17.9. The molecule has 1 atom stereocenters. The van der Waals surface area contributed by atoms with Crippen molar-refractivity contribution >= 4 is 29.9 Å². The Kier molecular flexibility index (Phi) is 10.4. The molecule has 0 bridgehead atoms. The van der Waals surface area contributed by atoms with E-state index < -0.39 is 0 Å². The molecule has 1 aromatic carbocycles. The molecule has 0 heterocycles. The van der Waals surface area contributed by atoms with Crippen molar-refractivity contribution in [1.29, 1.82) is 0 Å². The molecular weight excluding hydrogens is 427 g/mol. The van der Waals surface area contributed by atoms with E-state index in [9.17, 15) is 5.11 Å². The zero-order chi connectivity index (χ0) is 17.4. The first-order chi connectivity index (χ1) is 11.6. The van der Waals surface area contributed by atoms with Crippen molar-refractivity contribution < 1.29 is 5.11 Å². The van der Waals surface area contributed by atoms with E-state index in [4.69, 9.17) is 4.99 Å². The topological polar surface area (TPSA) is 59.9 Å². The predicted octanol–water partition coefficient (Wildman–Crippen LogP) is 2.77. The van der Waals surface area contributed by atoms with Gasteiger partial charge in [-0.05, 0) is 52.3 Å². The normalized spacial score (nSPS) is 22.2. The third-order valence-corrected chi connectivity index (χ3v) is 4.61. The summed E-state index contributed by atoms with van der Waals surface area (Å²) in [5.74, 6) is 0.877. The van der Waals surface area contributed by atoms with Crippen LogP contribution in [0, 0.1) is 0 Å². The number of likely N-dealkylation sites (N-methyl/N-ethyl adjacent to an activating group) is 1. The summed E-state index contributed by atoms with van der Waals surface area (Å²) in [6.07, 6.45) is 3.63. The quantitative estimate of drug-likeness (QED) is 0.347. The van der Waals surface area contributed by atoms with Gasteiger partial charge in [-0.25, -0.2) is 0 Å². The highest BCUT2D eigenvalue weighted by molar-refractivity contribution is 14.0. The van der Waals surface area contributed by atoms with Crippen LogP contribution in [0.2, 0.25) is 0 Å². The summed E-state index contributed by atoms with van der Waals surface area (Å²) in [6, 6.07) is 11.2. The van der Waals surface area contributed by atoms with Crippen molar-refractivity contribution in [2.45, 2.75) is 50.8 Å². The third-order valence-electron chi connectivity index (χ3n) is 4.61. The van der Waals surface area contributed by atoms with Crippen molar-refractivity contribution in [2.75, 3.05) is 27.2 Å². The number of hydrogen-bond acceptors (Lipinski definition) is 3. The van der Waals surface area contributed by atoms with E-state index in [-0.39, 0.29) is 36.1 Å². The number of nitrogens with one attached hydrogen (secondary N) is 2. The zero-order valence-electron chi connectivity index (χ0n) is 15.6. The molecule has 1 unspecified atom stereocenters. The number of nitrogens with zero attached hydrogens (tertiary/aromatic N) is 2. The first-order valence-electron chi connectivity index (χ1n) is 9.04. The SMILES string of the molecule is CCNC(=NCC(c1ccccc1)N(C)C)NC1CCC(O)CC1.I. The fourth-order valence-corrected chi connectivity index (χ4v) is 3.15. The maximum atomic E-state index is 9.65. The van der Waals surface area contributed by atoms with Gasteiger partial charge in [0.1, 0.15) is 0 Å². The highest BCUT2D eigenvalue weighted by Gasteiger charge is 2.20. The number of halogens is 1. The van der Waals surface area contributed by atoms with Crippen molar-refractivity contribution in [3.63, 3.8) is 0 Å². The minimum atomic E-state index is -0.126. The summed E-state index contributed by atoms with van der Waals surface area (Å²) in [4.78, 5) is 7.02. The summed E-state index contributed by atoms with van der Waals surface area (Å²) >= 11 is 0. The molecule has 1 aliphatic rings. The van der Waals surface area contributed by atoms with Crippen LogP contribution >= 0.6 is 24.0 Å². The fraction of sp³-hybridized carbons (Fsp3) is 0.632. The Morgan fingerprint density at radius 1 is 1.20 bits per heavy atom. The summed E-state index contributed by atoms with van der Waals surface area (Å²) in [5, 5.41) is 16.5. The van der Waals surface area contributed by atoms with Crippen LogP contribution in [0.5, 0.6) is 0 Å².